The van der Waals surface area contributed by atoms with E-state index in [9.17, 15) is 14.4 Å². The summed E-state index contributed by atoms with van der Waals surface area (Å²) in [7, 11) is 0. The molecule has 0 radical (unpaired) electrons. The molecule has 0 N–H and O–H groups in total. The van der Waals surface area contributed by atoms with Gasteiger partial charge in [0.1, 0.15) is 11.9 Å². The van der Waals surface area contributed by atoms with Crippen LogP contribution in [0.4, 0.5) is 5.69 Å². The number of anilines is 1. The highest BCUT2D eigenvalue weighted by molar-refractivity contribution is 5.98. The molecule has 2 fully saturated rings. The molecule has 150 valence electrons. The van der Waals surface area contributed by atoms with Gasteiger partial charge < -0.3 is 24.2 Å². The maximum atomic E-state index is 12.6. The Morgan fingerprint density at radius 2 is 1.82 bits per heavy atom. The SMILES string of the molecule is O=C(CCN1C(=O)COc2ccccc21)N1CCN(C(=O)C2CCCO2)CC1. The number of ether oxygens (including phenoxy) is 2. The first-order chi connectivity index (χ1) is 13.6. The first kappa shape index (κ1) is 18.7. The van der Waals surface area contributed by atoms with Crippen LogP contribution in [-0.2, 0) is 19.1 Å². The molecule has 8 heteroatoms. The van der Waals surface area contributed by atoms with E-state index >= 15 is 0 Å². The third-order valence-electron chi connectivity index (χ3n) is 5.51. The molecule has 1 atom stereocenters. The van der Waals surface area contributed by atoms with Crippen LogP contribution in [0.25, 0.3) is 0 Å². The molecule has 2 saturated heterocycles. The zero-order valence-electron chi connectivity index (χ0n) is 15.8. The number of nitrogens with zero attached hydrogens (tertiary/aromatic N) is 3. The summed E-state index contributed by atoms with van der Waals surface area (Å²) < 4.78 is 10.9. The molecule has 4 rings (SSSR count). The van der Waals surface area contributed by atoms with Gasteiger partial charge in [-0.2, -0.15) is 0 Å². The van der Waals surface area contributed by atoms with Crippen molar-refractivity contribution in [3.05, 3.63) is 24.3 Å². The van der Waals surface area contributed by atoms with Gasteiger partial charge >= 0.3 is 0 Å². The number of carbonyl (C=O) groups is 3. The minimum atomic E-state index is -0.311. The van der Waals surface area contributed by atoms with E-state index in [1.54, 1.807) is 14.7 Å². The van der Waals surface area contributed by atoms with Crippen LogP contribution < -0.4 is 9.64 Å². The highest BCUT2D eigenvalue weighted by Crippen LogP contribution is 2.31. The summed E-state index contributed by atoms with van der Waals surface area (Å²) in [5.74, 6) is 0.565. The van der Waals surface area contributed by atoms with Gasteiger partial charge in [0.25, 0.3) is 11.8 Å². The van der Waals surface area contributed by atoms with Crippen molar-refractivity contribution in [2.45, 2.75) is 25.4 Å². The van der Waals surface area contributed by atoms with Crippen LogP contribution in [0.2, 0.25) is 0 Å². The predicted molar refractivity (Wildman–Crippen MR) is 101 cm³/mol. The summed E-state index contributed by atoms with van der Waals surface area (Å²) in [5.41, 5.74) is 0.707. The van der Waals surface area contributed by atoms with Crippen molar-refractivity contribution in [3.8, 4) is 5.75 Å². The third kappa shape index (κ3) is 3.82. The van der Waals surface area contributed by atoms with E-state index in [4.69, 9.17) is 9.47 Å². The van der Waals surface area contributed by atoms with Crippen molar-refractivity contribution in [2.75, 3.05) is 50.8 Å². The molecule has 3 aliphatic rings. The molecule has 3 aliphatic heterocycles. The summed E-state index contributed by atoms with van der Waals surface area (Å²) in [6, 6.07) is 7.35. The Bertz CT molecular complexity index is 754. The lowest BCUT2D eigenvalue weighted by molar-refractivity contribution is -0.146. The molecule has 0 aromatic heterocycles. The zero-order chi connectivity index (χ0) is 19.5. The van der Waals surface area contributed by atoms with Gasteiger partial charge in [-0.25, -0.2) is 0 Å². The number of para-hydroxylation sites is 2. The first-order valence-corrected chi connectivity index (χ1v) is 9.84. The lowest BCUT2D eigenvalue weighted by Gasteiger charge is -2.36. The largest absolute Gasteiger partial charge is 0.482 e. The minimum absolute atomic E-state index is 0.000915. The number of benzene rings is 1. The Morgan fingerprint density at radius 3 is 2.57 bits per heavy atom. The highest BCUT2D eigenvalue weighted by Gasteiger charge is 2.32. The van der Waals surface area contributed by atoms with Crippen molar-refractivity contribution in [2.24, 2.45) is 0 Å². The van der Waals surface area contributed by atoms with Crippen LogP contribution in [0, 0.1) is 0 Å². The molecule has 1 aromatic rings. The molecule has 0 saturated carbocycles. The van der Waals surface area contributed by atoms with Gasteiger partial charge in [-0.05, 0) is 25.0 Å². The lowest BCUT2D eigenvalue weighted by atomic mass is 10.2. The Kier molecular flexibility index (Phi) is 5.47. The fourth-order valence-corrected chi connectivity index (χ4v) is 3.92. The number of amides is 3. The molecular formula is C20H25N3O5. The number of rotatable bonds is 4. The fraction of sp³-hybridized carbons (Fsp3) is 0.550. The van der Waals surface area contributed by atoms with Gasteiger partial charge in [0, 0.05) is 45.8 Å². The minimum Gasteiger partial charge on any atom is -0.482 e. The van der Waals surface area contributed by atoms with Crippen LogP contribution in [0.3, 0.4) is 0 Å². The van der Waals surface area contributed by atoms with Crippen LogP contribution in [0.5, 0.6) is 5.75 Å². The maximum Gasteiger partial charge on any atom is 0.265 e. The van der Waals surface area contributed by atoms with Gasteiger partial charge in [0.05, 0.1) is 5.69 Å². The number of hydrogen-bond donors (Lipinski definition) is 0. The van der Waals surface area contributed by atoms with E-state index in [1.165, 1.54) is 0 Å². The highest BCUT2D eigenvalue weighted by atomic mass is 16.5. The summed E-state index contributed by atoms with van der Waals surface area (Å²) in [4.78, 5) is 42.4. The van der Waals surface area contributed by atoms with Crippen LogP contribution in [0.1, 0.15) is 19.3 Å². The fourth-order valence-electron chi connectivity index (χ4n) is 3.92. The van der Waals surface area contributed by atoms with E-state index in [-0.39, 0.29) is 36.9 Å². The molecule has 0 bridgehead atoms. The van der Waals surface area contributed by atoms with Gasteiger partial charge in [0.2, 0.25) is 5.91 Å². The van der Waals surface area contributed by atoms with Crippen LogP contribution in [-0.4, -0.2) is 79.6 Å². The molecule has 3 amide bonds. The average molecular weight is 387 g/mol. The maximum absolute atomic E-state index is 12.6. The summed E-state index contributed by atoms with van der Waals surface area (Å²) in [6.07, 6.45) is 1.65. The van der Waals surface area contributed by atoms with Gasteiger partial charge in [-0.3, -0.25) is 14.4 Å². The molecular weight excluding hydrogens is 362 g/mol. The van der Waals surface area contributed by atoms with Crippen molar-refractivity contribution in [3.63, 3.8) is 0 Å². The number of piperazine rings is 1. The average Bonchev–Trinajstić information content (AvgIpc) is 3.27. The second-order valence-electron chi connectivity index (χ2n) is 7.26. The van der Waals surface area contributed by atoms with Crippen molar-refractivity contribution >= 4 is 23.4 Å². The Balaban J connectivity index is 1.28. The third-order valence-corrected chi connectivity index (χ3v) is 5.51. The van der Waals surface area contributed by atoms with E-state index in [0.717, 1.165) is 12.8 Å². The lowest BCUT2D eigenvalue weighted by Crippen LogP contribution is -2.53. The van der Waals surface area contributed by atoms with E-state index < -0.39 is 0 Å². The van der Waals surface area contributed by atoms with Gasteiger partial charge in [-0.15, -0.1) is 0 Å². The predicted octanol–water partition coefficient (Wildman–Crippen LogP) is 0.652. The Labute approximate surface area is 164 Å². The van der Waals surface area contributed by atoms with Crippen molar-refractivity contribution in [1.82, 2.24) is 9.80 Å². The summed E-state index contributed by atoms with van der Waals surface area (Å²) >= 11 is 0. The van der Waals surface area contributed by atoms with Crippen LogP contribution >= 0.6 is 0 Å². The smallest absolute Gasteiger partial charge is 0.265 e. The molecule has 1 unspecified atom stereocenters. The van der Waals surface area contributed by atoms with Crippen LogP contribution in [0.15, 0.2) is 24.3 Å². The van der Waals surface area contributed by atoms with Gasteiger partial charge in [-0.1, -0.05) is 12.1 Å². The Morgan fingerprint density at radius 1 is 1.07 bits per heavy atom. The van der Waals surface area contributed by atoms with Crippen molar-refractivity contribution < 1.29 is 23.9 Å². The van der Waals surface area contributed by atoms with E-state index in [1.807, 2.05) is 24.3 Å². The molecule has 8 nitrogen and oxygen atoms in total. The molecule has 1 aromatic carbocycles. The summed E-state index contributed by atoms with van der Waals surface area (Å²) in [6.45, 7) is 3.07. The summed E-state index contributed by atoms with van der Waals surface area (Å²) in [5, 5.41) is 0. The molecule has 3 heterocycles. The second kappa shape index (κ2) is 8.18. The quantitative estimate of drug-likeness (QED) is 0.758. The zero-order valence-corrected chi connectivity index (χ0v) is 15.8. The van der Waals surface area contributed by atoms with E-state index in [0.29, 0.717) is 50.8 Å². The first-order valence-electron chi connectivity index (χ1n) is 9.84. The monoisotopic (exact) mass is 387 g/mol. The standard InChI is InChI=1S/C20H25N3O5/c24-18(7-8-23-15-4-1-2-5-16(15)28-14-19(23)25)21-9-11-22(12-10-21)20(26)17-6-3-13-27-17/h1-2,4-5,17H,3,6-14H2. The number of carbonyl (C=O) groups excluding carboxylic acids is 3. The molecule has 0 aliphatic carbocycles. The Hall–Kier alpha value is -2.61. The van der Waals surface area contributed by atoms with E-state index in [2.05, 4.69) is 0 Å². The number of fused-ring (bicyclic) bond motifs is 1. The molecule has 28 heavy (non-hydrogen) atoms. The van der Waals surface area contributed by atoms with Gasteiger partial charge in [0.15, 0.2) is 6.61 Å². The second-order valence-corrected chi connectivity index (χ2v) is 7.26. The van der Waals surface area contributed by atoms with Crippen molar-refractivity contribution in [1.29, 1.82) is 0 Å². The topological polar surface area (TPSA) is 79.4 Å². The molecule has 0 spiro atoms. The number of hydrogen-bond acceptors (Lipinski definition) is 5. The normalized spacial score (nSPS) is 22.1.